The van der Waals surface area contributed by atoms with Crippen LogP contribution in [0.15, 0.2) is 42.5 Å². The minimum absolute atomic E-state index is 0.111. The molecule has 1 aromatic heterocycles. The molecule has 0 saturated carbocycles. The van der Waals surface area contributed by atoms with Gasteiger partial charge in [0.15, 0.2) is 10.8 Å². The second kappa shape index (κ2) is 4.08. The number of hydrogen-bond donors (Lipinski definition) is 1. The maximum absolute atomic E-state index is 12.4. The molecule has 1 N–H and O–H groups in total. The van der Waals surface area contributed by atoms with Crippen LogP contribution in [-0.2, 0) is 0 Å². The summed E-state index contributed by atoms with van der Waals surface area (Å²) in [5.74, 6) is 0.587. The Morgan fingerprint density at radius 2 is 2.00 bits per heavy atom. The van der Waals surface area contributed by atoms with Crippen molar-refractivity contribution in [2.45, 2.75) is 6.92 Å². The van der Waals surface area contributed by atoms with Crippen LogP contribution in [0.3, 0.4) is 0 Å². The number of rotatable bonds is 0. The monoisotopic (exact) mass is 281 g/mol. The number of benzene rings is 2. The van der Waals surface area contributed by atoms with Crippen molar-refractivity contribution in [3.05, 3.63) is 53.6 Å². The van der Waals surface area contributed by atoms with Gasteiger partial charge in [-0.05, 0) is 30.7 Å². The Balaban J connectivity index is 1.98. The molecule has 4 heteroatoms. The van der Waals surface area contributed by atoms with Crippen molar-refractivity contribution in [1.29, 1.82) is 0 Å². The topological polar surface area (TPSA) is 38.3 Å². The third-order valence-corrected chi connectivity index (χ3v) is 4.43. The molecule has 2 heterocycles. The van der Waals surface area contributed by atoms with E-state index in [1.165, 1.54) is 11.3 Å². The van der Waals surface area contributed by atoms with Crippen LogP contribution in [-0.4, -0.2) is 5.91 Å². The lowest BCUT2D eigenvalue weighted by molar-refractivity contribution is 0.102. The van der Waals surface area contributed by atoms with Crippen LogP contribution < -0.4 is 10.1 Å². The van der Waals surface area contributed by atoms with Crippen molar-refractivity contribution in [3.8, 4) is 10.8 Å². The van der Waals surface area contributed by atoms with Gasteiger partial charge in [-0.3, -0.25) is 4.79 Å². The summed E-state index contributed by atoms with van der Waals surface area (Å²) >= 11 is 1.50. The molecule has 98 valence electrons. The number of hydrogen-bond acceptors (Lipinski definition) is 3. The Hall–Kier alpha value is -2.33. The zero-order chi connectivity index (χ0) is 13.7. The largest absolute Gasteiger partial charge is 0.444 e. The smallest absolute Gasteiger partial charge is 0.261 e. The van der Waals surface area contributed by atoms with Crippen LogP contribution in [0, 0.1) is 6.92 Å². The maximum atomic E-state index is 12.4. The van der Waals surface area contributed by atoms with Crippen LogP contribution >= 0.6 is 11.3 Å². The molecule has 0 radical (unpaired) electrons. The SMILES string of the molecule is Cc1ccc2c(c1)Oc1sc3ccccc3c1C(=O)N2. The van der Waals surface area contributed by atoms with E-state index in [4.69, 9.17) is 4.74 Å². The number of thiophene rings is 1. The van der Waals surface area contributed by atoms with Gasteiger partial charge in [-0.1, -0.05) is 35.6 Å². The Morgan fingerprint density at radius 3 is 2.90 bits per heavy atom. The summed E-state index contributed by atoms with van der Waals surface area (Å²) in [6, 6.07) is 13.6. The summed E-state index contributed by atoms with van der Waals surface area (Å²) < 4.78 is 7.03. The normalized spacial score (nSPS) is 13.2. The quantitative estimate of drug-likeness (QED) is 0.655. The summed E-state index contributed by atoms with van der Waals surface area (Å²) in [6.45, 7) is 2.00. The molecule has 1 amide bonds. The molecule has 3 aromatic rings. The highest BCUT2D eigenvalue weighted by Gasteiger charge is 2.25. The molecule has 0 spiro atoms. The summed E-state index contributed by atoms with van der Waals surface area (Å²) in [4.78, 5) is 12.4. The van der Waals surface area contributed by atoms with Gasteiger partial charge in [-0.2, -0.15) is 0 Å². The first-order chi connectivity index (χ1) is 9.72. The molecule has 3 nitrogen and oxygen atoms in total. The van der Waals surface area contributed by atoms with E-state index in [-0.39, 0.29) is 5.91 Å². The first-order valence-corrected chi connectivity index (χ1v) is 7.15. The third-order valence-electron chi connectivity index (χ3n) is 3.38. The molecular formula is C16H11NO2S. The molecule has 1 aliphatic heterocycles. The van der Waals surface area contributed by atoms with Crippen LogP contribution in [0.1, 0.15) is 15.9 Å². The van der Waals surface area contributed by atoms with Crippen molar-refractivity contribution in [3.63, 3.8) is 0 Å². The van der Waals surface area contributed by atoms with Gasteiger partial charge in [0.25, 0.3) is 5.91 Å². The average molecular weight is 281 g/mol. The zero-order valence-corrected chi connectivity index (χ0v) is 11.6. The predicted octanol–water partition coefficient (Wildman–Crippen LogP) is 4.57. The fraction of sp³-hybridized carbons (Fsp3) is 0.0625. The molecule has 0 aliphatic carbocycles. The fourth-order valence-electron chi connectivity index (χ4n) is 2.41. The van der Waals surface area contributed by atoms with Gasteiger partial charge in [-0.15, -0.1) is 0 Å². The molecule has 1 aliphatic rings. The molecule has 0 bridgehead atoms. The molecule has 20 heavy (non-hydrogen) atoms. The van der Waals surface area contributed by atoms with Crippen LogP contribution in [0.4, 0.5) is 5.69 Å². The highest BCUT2D eigenvalue weighted by atomic mass is 32.1. The second-order valence-electron chi connectivity index (χ2n) is 4.82. The lowest BCUT2D eigenvalue weighted by atomic mass is 10.1. The Bertz CT molecular complexity index is 851. The average Bonchev–Trinajstić information content (AvgIpc) is 2.73. The molecule has 0 saturated heterocycles. The number of nitrogens with one attached hydrogen (secondary N) is 1. The zero-order valence-electron chi connectivity index (χ0n) is 10.8. The van der Waals surface area contributed by atoms with Gasteiger partial charge in [0.2, 0.25) is 0 Å². The Morgan fingerprint density at radius 1 is 1.15 bits per heavy atom. The van der Waals surface area contributed by atoms with E-state index in [0.29, 0.717) is 22.1 Å². The number of amides is 1. The summed E-state index contributed by atoms with van der Waals surface area (Å²) in [5.41, 5.74) is 2.44. The van der Waals surface area contributed by atoms with Crippen molar-refractivity contribution in [2.24, 2.45) is 0 Å². The van der Waals surface area contributed by atoms with Crippen molar-refractivity contribution >= 4 is 33.0 Å². The second-order valence-corrected chi connectivity index (χ2v) is 5.83. The number of carbonyl (C=O) groups excluding carboxylic acids is 1. The number of fused-ring (bicyclic) bond motifs is 4. The summed E-state index contributed by atoms with van der Waals surface area (Å²) in [5, 5.41) is 4.53. The maximum Gasteiger partial charge on any atom is 0.261 e. The number of carbonyl (C=O) groups is 1. The van der Waals surface area contributed by atoms with Crippen molar-refractivity contribution < 1.29 is 9.53 Å². The van der Waals surface area contributed by atoms with Crippen LogP contribution in [0.2, 0.25) is 0 Å². The van der Waals surface area contributed by atoms with Gasteiger partial charge >= 0.3 is 0 Å². The van der Waals surface area contributed by atoms with Crippen molar-refractivity contribution in [2.75, 3.05) is 5.32 Å². The Kier molecular flexibility index (Phi) is 2.35. The standard InChI is InChI=1S/C16H11NO2S/c1-9-6-7-11-12(8-9)19-16-14(15(18)17-11)10-4-2-3-5-13(10)20-16/h2-8H,1H3,(H,17,18). The van der Waals surface area contributed by atoms with Crippen LogP contribution in [0.5, 0.6) is 10.8 Å². The van der Waals surface area contributed by atoms with E-state index < -0.39 is 0 Å². The molecule has 0 fully saturated rings. The molecule has 0 atom stereocenters. The lowest BCUT2D eigenvalue weighted by Crippen LogP contribution is -2.09. The van der Waals surface area contributed by atoms with E-state index in [9.17, 15) is 4.79 Å². The van der Waals surface area contributed by atoms with E-state index in [2.05, 4.69) is 5.32 Å². The van der Waals surface area contributed by atoms with Gasteiger partial charge in [-0.25, -0.2) is 0 Å². The first kappa shape index (κ1) is 11.5. The Labute approximate surface area is 119 Å². The highest BCUT2D eigenvalue weighted by molar-refractivity contribution is 7.21. The summed E-state index contributed by atoms with van der Waals surface area (Å²) in [7, 11) is 0. The molecule has 2 aromatic carbocycles. The number of ether oxygens (including phenoxy) is 1. The fourth-order valence-corrected chi connectivity index (χ4v) is 3.47. The predicted molar refractivity (Wildman–Crippen MR) is 81.0 cm³/mol. The highest BCUT2D eigenvalue weighted by Crippen LogP contribution is 2.44. The number of aryl methyl sites for hydroxylation is 1. The van der Waals surface area contributed by atoms with Crippen LogP contribution in [0.25, 0.3) is 10.1 Å². The summed E-state index contributed by atoms with van der Waals surface area (Å²) in [6.07, 6.45) is 0. The van der Waals surface area contributed by atoms with E-state index in [1.54, 1.807) is 0 Å². The van der Waals surface area contributed by atoms with E-state index in [0.717, 1.165) is 15.6 Å². The molecular weight excluding hydrogens is 270 g/mol. The molecule has 0 unspecified atom stereocenters. The van der Waals surface area contributed by atoms with Gasteiger partial charge in [0, 0.05) is 10.1 Å². The first-order valence-electron chi connectivity index (χ1n) is 6.34. The van der Waals surface area contributed by atoms with E-state index >= 15 is 0 Å². The third kappa shape index (κ3) is 1.62. The minimum atomic E-state index is -0.111. The lowest BCUT2D eigenvalue weighted by Gasteiger charge is -2.07. The minimum Gasteiger partial charge on any atom is -0.444 e. The number of anilines is 1. The van der Waals surface area contributed by atoms with Crippen molar-refractivity contribution in [1.82, 2.24) is 0 Å². The van der Waals surface area contributed by atoms with E-state index in [1.807, 2.05) is 49.4 Å². The van der Waals surface area contributed by atoms with Gasteiger partial charge in [0.05, 0.1) is 5.69 Å². The van der Waals surface area contributed by atoms with Gasteiger partial charge < -0.3 is 10.1 Å². The van der Waals surface area contributed by atoms with Gasteiger partial charge in [0.1, 0.15) is 5.56 Å². The molecule has 4 rings (SSSR count).